The summed E-state index contributed by atoms with van der Waals surface area (Å²) in [4.78, 5) is 15.5. The van der Waals surface area contributed by atoms with Crippen molar-refractivity contribution in [2.45, 2.75) is 56.4 Å². The third-order valence-corrected chi connectivity index (χ3v) is 8.67. The van der Waals surface area contributed by atoms with Gasteiger partial charge in [0.25, 0.3) is 5.92 Å². The number of benzene rings is 2. The number of hydrogen-bond donors (Lipinski definition) is 0. The van der Waals surface area contributed by atoms with Crippen molar-refractivity contribution >= 4 is 5.78 Å². The van der Waals surface area contributed by atoms with Crippen LogP contribution in [0, 0.1) is 6.92 Å². The summed E-state index contributed by atoms with van der Waals surface area (Å²) in [6, 6.07) is 12.2. The first-order valence-corrected chi connectivity index (χ1v) is 13.0. The van der Waals surface area contributed by atoms with Crippen LogP contribution in [0.2, 0.25) is 0 Å². The molecule has 6 rings (SSSR count). The Morgan fingerprint density at radius 1 is 1.22 bits per heavy atom. The van der Waals surface area contributed by atoms with Crippen LogP contribution < -0.4 is 0 Å². The normalized spacial score (nSPS) is 23.2. The number of aromatic nitrogens is 3. The Labute approximate surface area is 215 Å². The Morgan fingerprint density at radius 2 is 2.03 bits per heavy atom. The Balaban J connectivity index is 1.27. The summed E-state index contributed by atoms with van der Waals surface area (Å²) < 4.78 is 35.2. The highest BCUT2D eigenvalue weighted by Gasteiger charge is 2.43. The van der Waals surface area contributed by atoms with Crippen LogP contribution in [-0.4, -0.2) is 57.7 Å². The Bertz CT molecular complexity index is 1360. The third kappa shape index (κ3) is 4.20. The number of Topliss-reactive ketones (excluding diaryl/α,β-unsaturated/α-hetero) is 1. The number of nitrogens with zero attached hydrogens (tertiary/aromatic N) is 4. The van der Waals surface area contributed by atoms with E-state index in [0.29, 0.717) is 26.2 Å². The monoisotopic (exact) mass is 506 g/mol. The summed E-state index contributed by atoms with van der Waals surface area (Å²) in [6.07, 6.45) is 2.98. The third-order valence-electron chi connectivity index (χ3n) is 8.67. The molecule has 0 amide bonds. The first-order chi connectivity index (χ1) is 17.7. The molecule has 0 saturated carbocycles. The van der Waals surface area contributed by atoms with Gasteiger partial charge in [-0.05, 0) is 54.2 Å². The van der Waals surface area contributed by atoms with Crippen molar-refractivity contribution in [3.63, 3.8) is 0 Å². The van der Waals surface area contributed by atoms with Gasteiger partial charge in [-0.2, -0.15) is 0 Å². The number of aryl methyl sites for hydroxylation is 2. The smallest absolute Gasteiger partial charge is 0.261 e. The Morgan fingerprint density at radius 3 is 2.68 bits per heavy atom. The standard InChI is InChI=1S/C29H32F2N4O2/c1-18-9-21(19(2)35-8-7-29(30,31)14-35)11-25-23(18)12-24(27(25)36)20-5-4-6-22(10-20)28(15-37-16-28)13-26-33-32-17-34(26)3/h4-6,9-11,17,19,24H,7-8,12-16H2,1-3H3. The summed E-state index contributed by atoms with van der Waals surface area (Å²) >= 11 is 0. The van der Waals surface area contributed by atoms with Crippen LogP contribution in [0.25, 0.3) is 0 Å². The number of fused-ring (bicyclic) bond motifs is 1. The molecule has 2 atom stereocenters. The molecule has 3 heterocycles. The summed E-state index contributed by atoms with van der Waals surface area (Å²) in [7, 11) is 1.94. The van der Waals surface area contributed by atoms with Crippen LogP contribution in [0.5, 0.6) is 0 Å². The molecule has 1 aromatic heterocycles. The highest BCUT2D eigenvalue weighted by Crippen LogP contribution is 2.42. The molecule has 2 unspecified atom stereocenters. The molecule has 0 bridgehead atoms. The molecule has 0 radical (unpaired) electrons. The largest absolute Gasteiger partial charge is 0.379 e. The molecule has 3 aromatic rings. The lowest BCUT2D eigenvalue weighted by Crippen LogP contribution is -2.49. The van der Waals surface area contributed by atoms with E-state index in [-0.39, 0.29) is 36.1 Å². The van der Waals surface area contributed by atoms with Gasteiger partial charge in [0.15, 0.2) is 5.78 Å². The lowest BCUT2D eigenvalue weighted by atomic mass is 9.74. The fourth-order valence-corrected chi connectivity index (χ4v) is 6.21. The topological polar surface area (TPSA) is 60.3 Å². The number of rotatable bonds is 6. The molecular weight excluding hydrogens is 474 g/mol. The molecule has 37 heavy (non-hydrogen) atoms. The Hall–Kier alpha value is -2.97. The maximum atomic E-state index is 13.8. The van der Waals surface area contributed by atoms with Crippen molar-refractivity contribution in [3.8, 4) is 0 Å². The highest BCUT2D eigenvalue weighted by molar-refractivity contribution is 6.05. The van der Waals surface area contributed by atoms with Crippen molar-refractivity contribution in [1.82, 2.24) is 19.7 Å². The van der Waals surface area contributed by atoms with Crippen LogP contribution in [0.4, 0.5) is 8.78 Å². The van der Waals surface area contributed by atoms with Crippen LogP contribution in [0.1, 0.15) is 69.3 Å². The van der Waals surface area contributed by atoms with Gasteiger partial charge in [-0.25, -0.2) is 8.78 Å². The van der Waals surface area contributed by atoms with Crippen molar-refractivity contribution in [1.29, 1.82) is 0 Å². The van der Waals surface area contributed by atoms with Crippen molar-refractivity contribution in [2.24, 2.45) is 7.05 Å². The molecule has 194 valence electrons. The van der Waals surface area contributed by atoms with Gasteiger partial charge >= 0.3 is 0 Å². The van der Waals surface area contributed by atoms with Gasteiger partial charge in [0.1, 0.15) is 12.2 Å². The molecule has 2 fully saturated rings. The molecule has 8 heteroatoms. The first-order valence-electron chi connectivity index (χ1n) is 13.0. The number of ether oxygens (including phenoxy) is 1. The van der Waals surface area contributed by atoms with E-state index in [4.69, 9.17) is 4.74 Å². The van der Waals surface area contributed by atoms with E-state index in [1.807, 2.05) is 48.6 Å². The van der Waals surface area contributed by atoms with Crippen molar-refractivity contribution < 1.29 is 18.3 Å². The second kappa shape index (κ2) is 8.81. The van der Waals surface area contributed by atoms with Crippen molar-refractivity contribution in [2.75, 3.05) is 26.3 Å². The van der Waals surface area contributed by atoms with Crippen molar-refractivity contribution in [3.05, 3.63) is 81.9 Å². The summed E-state index contributed by atoms with van der Waals surface area (Å²) in [6.45, 7) is 5.35. The average Bonchev–Trinajstić information content (AvgIpc) is 3.52. The zero-order chi connectivity index (χ0) is 25.9. The number of hydrogen-bond acceptors (Lipinski definition) is 5. The zero-order valence-electron chi connectivity index (χ0n) is 21.5. The molecule has 3 aliphatic rings. The number of carbonyl (C=O) groups excluding carboxylic acids is 1. The Kier molecular flexibility index (Phi) is 5.80. The van der Waals surface area contributed by atoms with Gasteiger partial charge in [-0.15, -0.1) is 10.2 Å². The minimum atomic E-state index is -2.64. The van der Waals surface area contributed by atoms with Gasteiger partial charge in [0, 0.05) is 43.5 Å². The van der Waals surface area contributed by atoms with E-state index in [1.54, 1.807) is 6.33 Å². The number of ketones is 1. The number of alkyl halides is 2. The number of likely N-dealkylation sites (tertiary alicyclic amines) is 1. The molecule has 1 aliphatic carbocycles. The second-order valence-electron chi connectivity index (χ2n) is 11.2. The molecule has 0 N–H and O–H groups in total. The molecule has 6 nitrogen and oxygen atoms in total. The predicted molar refractivity (Wildman–Crippen MR) is 135 cm³/mol. The van der Waals surface area contributed by atoms with E-state index in [1.165, 1.54) is 0 Å². The van der Waals surface area contributed by atoms with E-state index in [2.05, 4.69) is 28.4 Å². The number of carbonyl (C=O) groups is 1. The van der Waals surface area contributed by atoms with Gasteiger partial charge in [0.05, 0.1) is 25.7 Å². The van der Waals surface area contributed by atoms with Crippen LogP contribution in [-0.2, 0) is 30.0 Å². The SMILES string of the molecule is Cc1cc(C(C)N2CCC(F)(F)C2)cc2c1CC(c1cccc(C3(Cc4nncn4C)COC3)c1)C2=O. The number of halogens is 2. The van der Waals surface area contributed by atoms with Crippen LogP contribution in [0.3, 0.4) is 0 Å². The minimum Gasteiger partial charge on any atom is -0.379 e. The quantitative estimate of drug-likeness (QED) is 0.491. The fraction of sp³-hybridized carbons (Fsp3) is 0.483. The summed E-state index contributed by atoms with van der Waals surface area (Å²) in [5, 5.41) is 8.29. The first kappa shape index (κ1) is 24.4. The van der Waals surface area contributed by atoms with E-state index in [9.17, 15) is 13.6 Å². The van der Waals surface area contributed by atoms with Gasteiger partial charge in [-0.3, -0.25) is 9.69 Å². The van der Waals surface area contributed by atoms with E-state index >= 15 is 0 Å². The van der Waals surface area contributed by atoms with Gasteiger partial charge < -0.3 is 9.30 Å². The van der Waals surface area contributed by atoms with Gasteiger partial charge in [-0.1, -0.05) is 30.3 Å². The molecule has 2 aromatic carbocycles. The van der Waals surface area contributed by atoms with Crippen LogP contribution >= 0.6 is 0 Å². The average molecular weight is 507 g/mol. The molecular formula is C29H32F2N4O2. The summed E-state index contributed by atoms with van der Waals surface area (Å²) in [5.41, 5.74) is 5.80. The van der Waals surface area contributed by atoms with Crippen LogP contribution in [0.15, 0.2) is 42.7 Å². The van der Waals surface area contributed by atoms with E-state index in [0.717, 1.165) is 45.6 Å². The highest BCUT2D eigenvalue weighted by atomic mass is 19.3. The summed E-state index contributed by atoms with van der Waals surface area (Å²) in [5.74, 6) is -1.86. The maximum absolute atomic E-state index is 13.8. The lowest BCUT2D eigenvalue weighted by molar-refractivity contribution is -0.0611. The minimum absolute atomic E-state index is 0.109. The predicted octanol–water partition coefficient (Wildman–Crippen LogP) is 4.56. The lowest BCUT2D eigenvalue weighted by Gasteiger charge is -2.42. The zero-order valence-corrected chi connectivity index (χ0v) is 21.5. The molecule has 0 spiro atoms. The molecule has 2 saturated heterocycles. The fourth-order valence-electron chi connectivity index (χ4n) is 6.21. The maximum Gasteiger partial charge on any atom is 0.261 e. The van der Waals surface area contributed by atoms with E-state index < -0.39 is 5.92 Å². The molecule has 2 aliphatic heterocycles. The second-order valence-corrected chi connectivity index (χ2v) is 11.2. The van der Waals surface area contributed by atoms with Gasteiger partial charge in [0.2, 0.25) is 0 Å².